The lowest BCUT2D eigenvalue weighted by molar-refractivity contribution is 0.0639. The Morgan fingerprint density at radius 1 is 1.00 bits per heavy atom. The minimum atomic E-state index is -0.387. The van der Waals surface area contributed by atoms with E-state index in [1.54, 1.807) is 54.0 Å². The van der Waals surface area contributed by atoms with Crippen LogP contribution in [0.3, 0.4) is 0 Å². The van der Waals surface area contributed by atoms with Gasteiger partial charge in [0.15, 0.2) is 0 Å². The summed E-state index contributed by atoms with van der Waals surface area (Å²) in [6.45, 7) is 2.40. The second kappa shape index (κ2) is 9.69. The Bertz CT molecular complexity index is 1310. The summed E-state index contributed by atoms with van der Waals surface area (Å²) in [7, 11) is 3.32. The van der Waals surface area contributed by atoms with Gasteiger partial charge in [-0.25, -0.2) is 4.98 Å². The van der Waals surface area contributed by atoms with Crippen molar-refractivity contribution in [3.8, 4) is 5.75 Å². The summed E-state index contributed by atoms with van der Waals surface area (Å²) in [4.78, 5) is 33.4. The van der Waals surface area contributed by atoms with E-state index in [9.17, 15) is 9.59 Å². The number of benzene rings is 3. The van der Waals surface area contributed by atoms with Crippen molar-refractivity contribution in [2.45, 2.75) is 25.9 Å². The molecule has 3 aromatic carbocycles. The van der Waals surface area contributed by atoms with Gasteiger partial charge < -0.3 is 9.64 Å². The molecule has 0 saturated carbocycles. The summed E-state index contributed by atoms with van der Waals surface area (Å²) in [5.41, 5.74) is 2.07. The van der Waals surface area contributed by atoms with Crippen LogP contribution in [0.25, 0.3) is 10.9 Å². The van der Waals surface area contributed by atoms with E-state index >= 15 is 0 Å². The van der Waals surface area contributed by atoms with Gasteiger partial charge >= 0.3 is 0 Å². The summed E-state index contributed by atoms with van der Waals surface area (Å²) >= 11 is 0. The molecule has 1 unspecified atom stereocenters. The third-order valence-electron chi connectivity index (χ3n) is 5.87. The molecule has 0 aliphatic carbocycles. The van der Waals surface area contributed by atoms with Crippen LogP contribution in [0.4, 0.5) is 0 Å². The fourth-order valence-corrected chi connectivity index (χ4v) is 4.08. The van der Waals surface area contributed by atoms with Gasteiger partial charge in [-0.2, -0.15) is 0 Å². The Morgan fingerprint density at radius 3 is 2.33 bits per heavy atom. The molecule has 0 aliphatic heterocycles. The lowest BCUT2D eigenvalue weighted by atomic mass is 10.1. The topological polar surface area (TPSA) is 64.4 Å². The largest absolute Gasteiger partial charge is 0.497 e. The molecule has 1 atom stereocenters. The molecule has 0 bridgehead atoms. The van der Waals surface area contributed by atoms with Crippen LogP contribution in [-0.4, -0.2) is 27.5 Å². The Labute approximate surface area is 193 Å². The average molecular weight is 442 g/mol. The standard InChI is InChI=1S/C27H27N3O3/c1-4-24(25-28-23-13-9-8-12-22(23)27(32)29(25)2)30(18-19-10-6-5-7-11-19)26(31)20-14-16-21(33-3)17-15-20/h5-17,24H,4,18H2,1-3H3. The molecular weight excluding hydrogens is 414 g/mol. The van der Waals surface area contributed by atoms with E-state index in [0.717, 1.165) is 5.56 Å². The van der Waals surface area contributed by atoms with Crippen molar-refractivity contribution in [1.29, 1.82) is 0 Å². The molecule has 33 heavy (non-hydrogen) atoms. The van der Waals surface area contributed by atoms with Gasteiger partial charge in [-0.3, -0.25) is 14.2 Å². The third-order valence-corrected chi connectivity index (χ3v) is 5.87. The van der Waals surface area contributed by atoms with E-state index in [1.165, 1.54) is 0 Å². The maximum atomic E-state index is 13.8. The highest BCUT2D eigenvalue weighted by Crippen LogP contribution is 2.27. The second-order valence-corrected chi connectivity index (χ2v) is 7.92. The molecule has 1 amide bonds. The van der Waals surface area contributed by atoms with Crippen LogP contribution < -0.4 is 10.3 Å². The van der Waals surface area contributed by atoms with Gasteiger partial charge in [-0.05, 0) is 48.4 Å². The lowest BCUT2D eigenvalue weighted by Gasteiger charge is -2.32. The summed E-state index contributed by atoms with van der Waals surface area (Å²) in [5, 5.41) is 0.565. The summed E-state index contributed by atoms with van der Waals surface area (Å²) in [6, 6.07) is 23.8. The number of hydrogen-bond donors (Lipinski definition) is 0. The highest BCUT2D eigenvalue weighted by Gasteiger charge is 2.28. The highest BCUT2D eigenvalue weighted by atomic mass is 16.5. The molecule has 0 fully saturated rings. The SMILES string of the molecule is CCC(c1nc2ccccc2c(=O)n1C)N(Cc1ccccc1)C(=O)c1ccc(OC)cc1. The lowest BCUT2D eigenvalue weighted by Crippen LogP contribution is -2.38. The zero-order valence-corrected chi connectivity index (χ0v) is 19.1. The van der Waals surface area contributed by atoms with Crippen LogP contribution in [0.5, 0.6) is 5.75 Å². The molecule has 1 heterocycles. The second-order valence-electron chi connectivity index (χ2n) is 7.92. The predicted molar refractivity (Wildman–Crippen MR) is 129 cm³/mol. The third kappa shape index (κ3) is 4.51. The van der Waals surface area contributed by atoms with Crippen LogP contribution in [0, 0.1) is 0 Å². The Kier molecular flexibility index (Phi) is 6.54. The van der Waals surface area contributed by atoms with Crippen LogP contribution in [0.1, 0.15) is 41.1 Å². The van der Waals surface area contributed by atoms with Gasteiger partial charge in [0.1, 0.15) is 11.6 Å². The van der Waals surface area contributed by atoms with E-state index in [-0.39, 0.29) is 17.5 Å². The summed E-state index contributed by atoms with van der Waals surface area (Å²) in [5.74, 6) is 1.13. The van der Waals surface area contributed by atoms with Crippen molar-refractivity contribution in [3.05, 3.63) is 106 Å². The molecule has 0 radical (unpaired) electrons. The number of amides is 1. The molecular formula is C27H27N3O3. The Balaban J connectivity index is 1.82. The number of carbonyl (C=O) groups excluding carboxylic acids is 1. The van der Waals surface area contributed by atoms with Crippen molar-refractivity contribution in [2.24, 2.45) is 7.05 Å². The monoisotopic (exact) mass is 441 g/mol. The first-order valence-electron chi connectivity index (χ1n) is 11.0. The van der Waals surface area contributed by atoms with Crippen LogP contribution >= 0.6 is 0 Å². The Hall–Kier alpha value is -3.93. The maximum Gasteiger partial charge on any atom is 0.261 e. The van der Waals surface area contributed by atoms with Crippen LogP contribution in [0.2, 0.25) is 0 Å². The van der Waals surface area contributed by atoms with Gasteiger partial charge in [0.05, 0.1) is 24.1 Å². The van der Waals surface area contributed by atoms with Crippen molar-refractivity contribution in [2.75, 3.05) is 7.11 Å². The first-order valence-corrected chi connectivity index (χ1v) is 11.0. The quantitative estimate of drug-likeness (QED) is 0.416. The van der Waals surface area contributed by atoms with E-state index in [1.807, 2.05) is 55.5 Å². The van der Waals surface area contributed by atoms with E-state index < -0.39 is 0 Å². The number of para-hydroxylation sites is 1. The molecule has 4 aromatic rings. The van der Waals surface area contributed by atoms with Gasteiger partial charge in [0.2, 0.25) is 0 Å². The van der Waals surface area contributed by atoms with E-state index in [0.29, 0.717) is 41.0 Å². The van der Waals surface area contributed by atoms with Gasteiger partial charge in [0, 0.05) is 19.2 Å². The smallest absolute Gasteiger partial charge is 0.261 e. The van der Waals surface area contributed by atoms with E-state index in [2.05, 4.69) is 0 Å². The highest BCUT2D eigenvalue weighted by molar-refractivity contribution is 5.94. The van der Waals surface area contributed by atoms with Crippen molar-refractivity contribution < 1.29 is 9.53 Å². The number of ether oxygens (including phenoxy) is 1. The minimum absolute atomic E-state index is 0.120. The fourth-order valence-electron chi connectivity index (χ4n) is 4.08. The average Bonchev–Trinajstić information content (AvgIpc) is 2.87. The predicted octanol–water partition coefficient (Wildman–Crippen LogP) is 4.74. The Morgan fingerprint density at radius 2 is 1.67 bits per heavy atom. The number of fused-ring (bicyclic) bond motifs is 1. The first-order chi connectivity index (χ1) is 16.0. The molecule has 0 N–H and O–H groups in total. The van der Waals surface area contributed by atoms with E-state index in [4.69, 9.17) is 9.72 Å². The number of hydrogen-bond acceptors (Lipinski definition) is 4. The minimum Gasteiger partial charge on any atom is -0.497 e. The molecule has 0 saturated heterocycles. The fraction of sp³-hybridized carbons (Fsp3) is 0.222. The number of methoxy groups -OCH3 is 1. The first kappa shape index (κ1) is 22.3. The molecule has 168 valence electrons. The summed E-state index contributed by atoms with van der Waals surface area (Å²) < 4.78 is 6.81. The number of carbonyl (C=O) groups is 1. The molecule has 0 spiro atoms. The number of rotatable bonds is 7. The van der Waals surface area contributed by atoms with Crippen molar-refractivity contribution >= 4 is 16.8 Å². The van der Waals surface area contributed by atoms with Crippen LogP contribution in [-0.2, 0) is 13.6 Å². The normalized spacial score (nSPS) is 11.8. The number of aromatic nitrogens is 2. The van der Waals surface area contributed by atoms with Gasteiger partial charge in [-0.1, -0.05) is 49.4 Å². The van der Waals surface area contributed by atoms with Gasteiger partial charge in [-0.15, -0.1) is 0 Å². The van der Waals surface area contributed by atoms with Crippen LogP contribution in [0.15, 0.2) is 83.7 Å². The van der Waals surface area contributed by atoms with Crippen molar-refractivity contribution in [3.63, 3.8) is 0 Å². The molecule has 6 heteroatoms. The molecule has 0 aliphatic rings. The molecule has 4 rings (SSSR count). The molecule has 1 aromatic heterocycles. The zero-order valence-electron chi connectivity index (χ0n) is 19.1. The zero-order chi connectivity index (χ0) is 23.4. The maximum absolute atomic E-state index is 13.8. The number of nitrogens with zero attached hydrogens (tertiary/aromatic N) is 3. The summed E-state index contributed by atoms with van der Waals surface area (Å²) in [6.07, 6.45) is 0.605. The molecule has 6 nitrogen and oxygen atoms in total. The van der Waals surface area contributed by atoms with Crippen molar-refractivity contribution in [1.82, 2.24) is 14.5 Å². The van der Waals surface area contributed by atoms with Gasteiger partial charge in [0.25, 0.3) is 11.5 Å².